The average molecular weight is 357 g/mol. The van der Waals surface area contributed by atoms with Gasteiger partial charge < -0.3 is 24.4 Å². The number of methoxy groups -OCH3 is 3. The van der Waals surface area contributed by atoms with Gasteiger partial charge in [-0.3, -0.25) is 4.90 Å². The molecule has 0 aromatic heterocycles. The minimum Gasteiger partial charge on any atom is -0.504 e. The monoisotopic (exact) mass is 357 g/mol. The molecule has 2 N–H and O–H groups in total. The molecule has 6 heteroatoms. The number of ether oxygens (including phenoxy) is 3. The van der Waals surface area contributed by atoms with Crippen molar-refractivity contribution in [2.24, 2.45) is 0 Å². The van der Waals surface area contributed by atoms with E-state index in [1.54, 1.807) is 20.3 Å². The van der Waals surface area contributed by atoms with Crippen LogP contribution in [0.1, 0.15) is 28.3 Å². The third kappa shape index (κ3) is 2.36. The van der Waals surface area contributed by atoms with Crippen molar-refractivity contribution in [1.82, 2.24) is 4.90 Å². The van der Waals surface area contributed by atoms with Crippen LogP contribution < -0.4 is 14.2 Å². The van der Waals surface area contributed by atoms with E-state index in [9.17, 15) is 10.2 Å². The Labute approximate surface area is 152 Å². The fourth-order valence-corrected chi connectivity index (χ4v) is 4.24. The Hall–Kier alpha value is -2.60. The number of fused-ring (bicyclic) bond motifs is 4. The first-order chi connectivity index (χ1) is 12.6. The summed E-state index contributed by atoms with van der Waals surface area (Å²) in [5.41, 5.74) is 3.97. The number of aromatic hydroxyl groups is 2. The van der Waals surface area contributed by atoms with Gasteiger partial charge in [-0.1, -0.05) is 6.07 Å². The van der Waals surface area contributed by atoms with Gasteiger partial charge in [-0.15, -0.1) is 0 Å². The zero-order valence-corrected chi connectivity index (χ0v) is 15.2. The fraction of sp³-hybridized carbons (Fsp3) is 0.400. The lowest BCUT2D eigenvalue weighted by atomic mass is 9.83. The van der Waals surface area contributed by atoms with Crippen LogP contribution in [0.2, 0.25) is 0 Å². The van der Waals surface area contributed by atoms with E-state index < -0.39 is 0 Å². The van der Waals surface area contributed by atoms with Crippen molar-refractivity contribution in [2.75, 3.05) is 27.9 Å². The average Bonchev–Trinajstić information content (AvgIpc) is 2.66. The molecule has 6 nitrogen and oxygen atoms in total. The summed E-state index contributed by atoms with van der Waals surface area (Å²) in [5.74, 6) is 1.78. The highest BCUT2D eigenvalue weighted by Crippen LogP contribution is 2.50. The Bertz CT molecular complexity index is 864. The van der Waals surface area contributed by atoms with Crippen molar-refractivity contribution in [3.05, 3.63) is 40.5 Å². The molecule has 2 aromatic carbocycles. The van der Waals surface area contributed by atoms with Gasteiger partial charge in [-0.25, -0.2) is 0 Å². The molecule has 138 valence electrons. The van der Waals surface area contributed by atoms with Crippen LogP contribution in [0.3, 0.4) is 0 Å². The molecule has 0 spiro atoms. The molecule has 2 aliphatic rings. The standard InChI is InChI=1S/C20H23NO5/c1-24-15-5-4-11-8-14-17-12(6-7-21(14)10-13(11)18(15)22)9-16(25-2)20(26-3)19(17)23/h4-5,9,14,22-23H,6-8,10H2,1-3H3/t14-/m0/s1. The molecule has 4 rings (SSSR count). The number of hydrogen-bond donors (Lipinski definition) is 2. The lowest BCUT2D eigenvalue weighted by Crippen LogP contribution is -2.39. The summed E-state index contributed by atoms with van der Waals surface area (Å²) < 4.78 is 16.0. The Balaban J connectivity index is 1.81. The zero-order chi connectivity index (χ0) is 18.4. The molecule has 0 bridgehead atoms. The summed E-state index contributed by atoms with van der Waals surface area (Å²) in [7, 11) is 4.67. The van der Waals surface area contributed by atoms with Crippen molar-refractivity contribution < 1.29 is 24.4 Å². The summed E-state index contributed by atoms with van der Waals surface area (Å²) in [4.78, 5) is 2.29. The molecule has 26 heavy (non-hydrogen) atoms. The van der Waals surface area contributed by atoms with E-state index in [0.29, 0.717) is 30.2 Å². The Kier molecular flexibility index (Phi) is 4.07. The molecule has 2 heterocycles. The fourth-order valence-electron chi connectivity index (χ4n) is 4.24. The van der Waals surface area contributed by atoms with Crippen molar-refractivity contribution in [2.45, 2.75) is 25.4 Å². The van der Waals surface area contributed by atoms with Crippen LogP contribution in [-0.4, -0.2) is 43.0 Å². The van der Waals surface area contributed by atoms with E-state index in [-0.39, 0.29) is 17.5 Å². The first kappa shape index (κ1) is 16.8. The minimum atomic E-state index is 0.0406. The summed E-state index contributed by atoms with van der Waals surface area (Å²) in [5, 5.41) is 21.4. The quantitative estimate of drug-likeness (QED) is 0.880. The van der Waals surface area contributed by atoms with Crippen LogP contribution in [0, 0.1) is 0 Å². The predicted molar refractivity (Wildman–Crippen MR) is 96.4 cm³/mol. The number of phenolic OH excluding ortho intramolecular Hbond substituents is 2. The van der Waals surface area contributed by atoms with Gasteiger partial charge in [-0.2, -0.15) is 0 Å². The maximum absolute atomic E-state index is 10.9. The summed E-state index contributed by atoms with van der Waals surface area (Å²) in [6.45, 7) is 1.47. The van der Waals surface area contributed by atoms with E-state index in [2.05, 4.69) is 4.90 Å². The Morgan fingerprint density at radius 2 is 1.73 bits per heavy atom. The summed E-state index contributed by atoms with van der Waals surface area (Å²) >= 11 is 0. The van der Waals surface area contributed by atoms with E-state index in [0.717, 1.165) is 35.2 Å². The Morgan fingerprint density at radius 3 is 2.42 bits per heavy atom. The molecular formula is C20H23NO5. The highest BCUT2D eigenvalue weighted by atomic mass is 16.5. The van der Waals surface area contributed by atoms with Gasteiger partial charge in [0.05, 0.1) is 21.3 Å². The largest absolute Gasteiger partial charge is 0.504 e. The number of phenols is 2. The zero-order valence-electron chi connectivity index (χ0n) is 15.2. The summed E-state index contributed by atoms with van der Waals surface area (Å²) in [6, 6.07) is 5.80. The molecule has 0 radical (unpaired) electrons. The van der Waals surface area contributed by atoms with Crippen LogP contribution in [0.4, 0.5) is 0 Å². The van der Waals surface area contributed by atoms with Gasteiger partial charge in [0.2, 0.25) is 5.75 Å². The molecule has 0 saturated carbocycles. The van der Waals surface area contributed by atoms with E-state index in [1.165, 1.54) is 7.11 Å². The lowest BCUT2D eigenvalue weighted by molar-refractivity contribution is 0.153. The maximum atomic E-state index is 10.9. The van der Waals surface area contributed by atoms with Crippen LogP contribution in [0.5, 0.6) is 28.7 Å². The molecular weight excluding hydrogens is 334 g/mol. The number of hydrogen-bond acceptors (Lipinski definition) is 6. The van der Waals surface area contributed by atoms with Crippen LogP contribution in [0.25, 0.3) is 0 Å². The molecule has 2 aromatic rings. The first-order valence-electron chi connectivity index (χ1n) is 8.67. The molecule has 0 aliphatic carbocycles. The van der Waals surface area contributed by atoms with Gasteiger partial charge in [0.1, 0.15) is 0 Å². The Morgan fingerprint density at radius 1 is 0.962 bits per heavy atom. The maximum Gasteiger partial charge on any atom is 0.203 e. The van der Waals surface area contributed by atoms with Crippen molar-refractivity contribution in [1.29, 1.82) is 0 Å². The van der Waals surface area contributed by atoms with Crippen LogP contribution in [0.15, 0.2) is 18.2 Å². The summed E-state index contributed by atoms with van der Waals surface area (Å²) in [6.07, 6.45) is 1.52. The third-order valence-corrected chi connectivity index (χ3v) is 5.55. The normalized spacial score (nSPS) is 18.5. The highest BCUT2D eigenvalue weighted by Gasteiger charge is 2.37. The third-order valence-electron chi connectivity index (χ3n) is 5.55. The van der Waals surface area contributed by atoms with Crippen LogP contribution >= 0.6 is 0 Å². The topological polar surface area (TPSA) is 71.4 Å². The molecule has 0 amide bonds. The predicted octanol–water partition coefficient (Wildman–Crippen LogP) is 2.78. The first-order valence-corrected chi connectivity index (χ1v) is 8.67. The number of nitrogens with zero attached hydrogens (tertiary/aromatic N) is 1. The minimum absolute atomic E-state index is 0.0406. The number of rotatable bonds is 3. The number of benzene rings is 2. The molecule has 2 aliphatic heterocycles. The molecule has 0 unspecified atom stereocenters. The second-order valence-corrected chi connectivity index (χ2v) is 6.73. The second kappa shape index (κ2) is 6.29. The lowest BCUT2D eigenvalue weighted by Gasteiger charge is -2.42. The van der Waals surface area contributed by atoms with E-state index >= 15 is 0 Å². The molecule has 0 saturated heterocycles. The van der Waals surface area contributed by atoms with Gasteiger partial charge >= 0.3 is 0 Å². The van der Waals surface area contributed by atoms with Gasteiger partial charge in [0.15, 0.2) is 23.0 Å². The SMILES string of the molecule is COc1ccc2c(c1O)CN1CCc3cc(OC)c(OC)c(O)c3[C@@H]1C2. The van der Waals surface area contributed by atoms with Crippen molar-refractivity contribution >= 4 is 0 Å². The van der Waals surface area contributed by atoms with Gasteiger partial charge in [0, 0.05) is 30.3 Å². The molecule has 1 atom stereocenters. The van der Waals surface area contributed by atoms with E-state index in [4.69, 9.17) is 14.2 Å². The van der Waals surface area contributed by atoms with Crippen molar-refractivity contribution in [3.8, 4) is 28.7 Å². The van der Waals surface area contributed by atoms with Crippen molar-refractivity contribution in [3.63, 3.8) is 0 Å². The van der Waals surface area contributed by atoms with Gasteiger partial charge in [-0.05, 0) is 36.1 Å². The smallest absolute Gasteiger partial charge is 0.203 e. The van der Waals surface area contributed by atoms with E-state index in [1.807, 2.05) is 12.1 Å². The highest BCUT2D eigenvalue weighted by molar-refractivity contribution is 5.61. The molecule has 0 fully saturated rings. The van der Waals surface area contributed by atoms with Gasteiger partial charge in [0.25, 0.3) is 0 Å². The second-order valence-electron chi connectivity index (χ2n) is 6.73. The van der Waals surface area contributed by atoms with Crippen LogP contribution in [-0.2, 0) is 19.4 Å².